The van der Waals surface area contributed by atoms with Gasteiger partial charge in [0.1, 0.15) is 66.8 Å². The molecular weight excluding hydrogens is 616 g/mol. The third-order valence-electron chi connectivity index (χ3n) is 9.20. The molecule has 0 aromatic heterocycles. The van der Waals surface area contributed by atoms with Crippen molar-refractivity contribution in [3.63, 3.8) is 0 Å². The van der Waals surface area contributed by atoms with E-state index in [0.717, 1.165) is 0 Å². The summed E-state index contributed by atoms with van der Waals surface area (Å²) >= 11 is 0. The van der Waals surface area contributed by atoms with Gasteiger partial charge in [-0.25, -0.2) is 4.79 Å². The number of carbonyl (C=O) groups is 1. The van der Waals surface area contributed by atoms with Crippen LogP contribution in [-0.4, -0.2) is 146 Å². The Bertz CT molecular complexity index is 1290. The summed E-state index contributed by atoms with van der Waals surface area (Å²) in [6.45, 7) is 0.522. The molecule has 0 spiro atoms. The molecule has 1 aliphatic carbocycles. The molecule has 0 amide bonds. The number of benzene rings is 1. The lowest BCUT2D eigenvalue weighted by molar-refractivity contribution is -0.347. The Morgan fingerprint density at radius 1 is 0.891 bits per heavy atom. The maximum atomic E-state index is 12.7. The van der Waals surface area contributed by atoms with Crippen molar-refractivity contribution in [3.05, 3.63) is 48.2 Å². The number of epoxide rings is 1. The summed E-state index contributed by atoms with van der Waals surface area (Å²) in [5.41, 5.74) is -0.640. The number of esters is 1. The van der Waals surface area contributed by atoms with Crippen LogP contribution in [0.2, 0.25) is 0 Å². The Morgan fingerprint density at radius 2 is 1.57 bits per heavy atom. The summed E-state index contributed by atoms with van der Waals surface area (Å²) < 4.78 is 40.7. The standard InChI is InChI=1S/C30H38O16/c1-12-19(34)21(36)23(38)28(42-12)44-25-15-8-9-40-27(45-29-24(39)22(37)20(35)16(10-31)43-29)18(15)30(26(25)46-30)11-41-17(33)7-4-13-2-5-14(32)6-3-13/h2-9,12,15-16,18-29,31-32,34-39H,10-11H2,1H3/t12?,15?,16?,18?,19?,20?,21?,22?,23?,24?,25-,26-,27?,28?,29?,30+/m0/s1. The summed E-state index contributed by atoms with van der Waals surface area (Å²) in [4.78, 5) is 12.7. The minimum Gasteiger partial charge on any atom is -0.508 e. The van der Waals surface area contributed by atoms with Crippen LogP contribution < -0.4 is 0 Å². The molecule has 8 N–H and O–H groups in total. The van der Waals surface area contributed by atoms with E-state index in [0.29, 0.717) is 5.56 Å². The van der Waals surface area contributed by atoms with Gasteiger partial charge in [0.05, 0.1) is 31.0 Å². The summed E-state index contributed by atoms with van der Waals surface area (Å²) in [6.07, 6.45) is -11.8. The van der Waals surface area contributed by atoms with Crippen LogP contribution >= 0.6 is 0 Å². The first kappa shape index (κ1) is 33.2. The van der Waals surface area contributed by atoms with Crippen LogP contribution in [0.1, 0.15) is 12.5 Å². The van der Waals surface area contributed by atoms with Gasteiger partial charge in [0, 0.05) is 12.0 Å². The predicted molar refractivity (Wildman–Crippen MR) is 149 cm³/mol. The number of rotatable bonds is 9. The van der Waals surface area contributed by atoms with Crippen LogP contribution in [0.25, 0.3) is 6.08 Å². The lowest BCUT2D eigenvalue weighted by Gasteiger charge is -2.44. The maximum absolute atomic E-state index is 12.7. The maximum Gasteiger partial charge on any atom is 0.330 e. The molecule has 1 aromatic carbocycles. The SMILES string of the molecule is CC1OC(O[C@H]2C3C=COC(OC4OC(CO)C(O)C(O)C4O)C3[C@@]3(COC(=O)C=Cc4ccc(O)cc4)O[C@@H]23)C(O)C(O)C1O. The van der Waals surface area contributed by atoms with Gasteiger partial charge in [-0.3, -0.25) is 0 Å². The molecule has 16 heteroatoms. The second-order valence-corrected chi connectivity index (χ2v) is 12.1. The molecular formula is C30H38O16. The van der Waals surface area contributed by atoms with E-state index in [-0.39, 0.29) is 12.4 Å². The number of phenols is 1. The van der Waals surface area contributed by atoms with Gasteiger partial charge in [0.15, 0.2) is 12.6 Å². The number of fused-ring (bicyclic) bond motifs is 3. The third kappa shape index (κ3) is 6.05. The summed E-state index contributed by atoms with van der Waals surface area (Å²) in [6, 6.07) is 6.13. The van der Waals surface area contributed by atoms with Gasteiger partial charge in [-0.2, -0.15) is 0 Å². The first-order chi connectivity index (χ1) is 21.9. The van der Waals surface area contributed by atoms with E-state index in [2.05, 4.69) is 0 Å². The number of ether oxygens (including phenoxy) is 7. The second kappa shape index (κ2) is 13.1. The zero-order valence-corrected chi connectivity index (χ0v) is 24.5. The van der Waals surface area contributed by atoms with E-state index in [1.807, 2.05) is 0 Å². The van der Waals surface area contributed by atoms with Gasteiger partial charge in [-0.15, -0.1) is 0 Å². The number of hydrogen-bond donors (Lipinski definition) is 8. The van der Waals surface area contributed by atoms with E-state index >= 15 is 0 Å². The molecule has 5 aliphatic rings. The van der Waals surface area contributed by atoms with Crippen LogP contribution in [0, 0.1) is 11.8 Å². The molecule has 3 saturated heterocycles. The minimum absolute atomic E-state index is 0.0684. The summed E-state index contributed by atoms with van der Waals surface area (Å²) in [5.74, 6) is -2.04. The zero-order chi connectivity index (χ0) is 32.9. The Hall–Kier alpha value is -2.71. The monoisotopic (exact) mass is 654 g/mol. The topological polar surface area (TPSA) is 247 Å². The Kier molecular flexibility index (Phi) is 9.43. The third-order valence-corrected chi connectivity index (χ3v) is 9.20. The Balaban J connectivity index is 1.22. The molecule has 6 rings (SSSR count). The fourth-order valence-electron chi connectivity index (χ4n) is 6.55. The molecule has 4 aliphatic heterocycles. The number of aromatic hydroxyl groups is 1. The highest BCUT2D eigenvalue weighted by molar-refractivity contribution is 5.87. The highest BCUT2D eigenvalue weighted by Gasteiger charge is 2.77. The first-order valence-corrected chi connectivity index (χ1v) is 14.9. The van der Waals surface area contributed by atoms with Crippen molar-refractivity contribution < 1.29 is 78.8 Å². The molecule has 254 valence electrons. The largest absolute Gasteiger partial charge is 0.508 e. The van der Waals surface area contributed by atoms with Crippen LogP contribution in [0.4, 0.5) is 0 Å². The van der Waals surface area contributed by atoms with Gasteiger partial charge < -0.3 is 74.0 Å². The van der Waals surface area contributed by atoms with Crippen molar-refractivity contribution in [1.82, 2.24) is 0 Å². The van der Waals surface area contributed by atoms with E-state index in [1.54, 1.807) is 18.2 Å². The average molecular weight is 655 g/mol. The quantitative estimate of drug-likeness (QED) is 0.0763. The van der Waals surface area contributed by atoms with Gasteiger partial charge in [-0.05, 0) is 36.8 Å². The number of carbonyl (C=O) groups excluding carboxylic acids is 1. The van der Waals surface area contributed by atoms with Crippen LogP contribution in [0.15, 0.2) is 42.7 Å². The van der Waals surface area contributed by atoms with Gasteiger partial charge >= 0.3 is 5.97 Å². The van der Waals surface area contributed by atoms with E-state index < -0.39 is 110 Å². The van der Waals surface area contributed by atoms with Crippen LogP contribution in [-0.2, 0) is 38.0 Å². The lowest BCUT2D eigenvalue weighted by Crippen LogP contribution is -2.60. The van der Waals surface area contributed by atoms with Crippen molar-refractivity contribution in [2.45, 2.75) is 92.4 Å². The molecule has 16 nitrogen and oxygen atoms in total. The molecule has 13 unspecified atom stereocenters. The smallest absolute Gasteiger partial charge is 0.330 e. The van der Waals surface area contributed by atoms with Gasteiger partial charge in [-0.1, -0.05) is 12.1 Å². The first-order valence-electron chi connectivity index (χ1n) is 14.9. The van der Waals surface area contributed by atoms with Crippen molar-refractivity contribution in [2.24, 2.45) is 11.8 Å². The van der Waals surface area contributed by atoms with Crippen LogP contribution in [0.5, 0.6) is 5.75 Å². The van der Waals surface area contributed by atoms with Crippen molar-refractivity contribution in [3.8, 4) is 5.75 Å². The predicted octanol–water partition coefficient (Wildman–Crippen LogP) is -2.77. The van der Waals surface area contributed by atoms with E-state index in [9.17, 15) is 45.6 Å². The van der Waals surface area contributed by atoms with Crippen molar-refractivity contribution in [1.29, 1.82) is 0 Å². The molecule has 16 atom stereocenters. The average Bonchev–Trinajstić information content (AvgIpc) is 3.72. The normalized spacial score (nSPS) is 46.4. The van der Waals surface area contributed by atoms with Crippen molar-refractivity contribution in [2.75, 3.05) is 13.2 Å². The highest BCUT2D eigenvalue weighted by Crippen LogP contribution is 2.61. The molecule has 46 heavy (non-hydrogen) atoms. The Morgan fingerprint density at radius 3 is 2.26 bits per heavy atom. The zero-order valence-electron chi connectivity index (χ0n) is 24.5. The fourth-order valence-corrected chi connectivity index (χ4v) is 6.55. The van der Waals surface area contributed by atoms with Crippen molar-refractivity contribution >= 4 is 12.0 Å². The summed E-state index contributed by atoms with van der Waals surface area (Å²) in [7, 11) is 0. The molecule has 1 saturated carbocycles. The fraction of sp³-hybridized carbons (Fsp3) is 0.633. The lowest BCUT2D eigenvalue weighted by atomic mass is 9.85. The number of hydrogen-bond acceptors (Lipinski definition) is 16. The number of aliphatic hydroxyl groups is 7. The molecule has 4 heterocycles. The molecule has 0 radical (unpaired) electrons. The number of phenolic OH excluding ortho intramolecular Hbond substituents is 1. The Labute approximate surface area is 262 Å². The van der Waals surface area contributed by atoms with E-state index in [1.165, 1.54) is 37.5 Å². The second-order valence-electron chi connectivity index (χ2n) is 12.1. The van der Waals surface area contributed by atoms with Gasteiger partial charge in [0.2, 0.25) is 6.29 Å². The van der Waals surface area contributed by atoms with Gasteiger partial charge in [0.25, 0.3) is 0 Å². The van der Waals surface area contributed by atoms with Crippen LogP contribution in [0.3, 0.4) is 0 Å². The summed E-state index contributed by atoms with van der Waals surface area (Å²) in [5, 5.41) is 81.2. The molecule has 1 aromatic rings. The van der Waals surface area contributed by atoms with E-state index in [4.69, 9.17) is 33.2 Å². The molecule has 0 bridgehead atoms. The number of aliphatic hydroxyl groups excluding tert-OH is 7. The highest BCUT2D eigenvalue weighted by atomic mass is 16.8. The molecule has 4 fully saturated rings. The minimum atomic E-state index is -1.73.